The predicted octanol–water partition coefficient (Wildman–Crippen LogP) is 1.80. The van der Waals surface area contributed by atoms with E-state index in [1.54, 1.807) is 30.0 Å². The average Bonchev–Trinajstić information content (AvgIpc) is 2.47. The highest BCUT2D eigenvalue weighted by molar-refractivity contribution is 5.99. The molecule has 2 atom stereocenters. The van der Waals surface area contributed by atoms with Gasteiger partial charge in [0.15, 0.2) is 0 Å². The van der Waals surface area contributed by atoms with Crippen molar-refractivity contribution < 1.29 is 14.7 Å². The highest BCUT2D eigenvalue weighted by Gasteiger charge is 2.47. The van der Waals surface area contributed by atoms with E-state index in [0.29, 0.717) is 19.4 Å². The smallest absolute Gasteiger partial charge is 0.246 e. The highest BCUT2D eigenvalue weighted by atomic mass is 16.3. The van der Waals surface area contributed by atoms with Crippen LogP contribution in [-0.4, -0.2) is 33.4 Å². The molecule has 1 aromatic rings. The van der Waals surface area contributed by atoms with Crippen LogP contribution in [0.25, 0.3) is 0 Å². The molecule has 1 aromatic carbocycles. The van der Waals surface area contributed by atoms with Gasteiger partial charge in [0, 0.05) is 6.54 Å². The minimum Gasteiger partial charge on any atom is -0.508 e. The third-order valence-corrected chi connectivity index (χ3v) is 4.30. The monoisotopic (exact) mass is 290 g/mol. The highest BCUT2D eigenvalue weighted by Crippen LogP contribution is 2.28. The average molecular weight is 290 g/mol. The van der Waals surface area contributed by atoms with Gasteiger partial charge in [0.25, 0.3) is 0 Å². The number of carbonyl (C=O) groups excluding carboxylic acids is 2. The SMILES string of the molecule is CCC1NC(=O)C(C)(CC)N(Cc2cccc(O)c2)C1=O. The Morgan fingerprint density at radius 1 is 1.33 bits per heavy atom. The van der Waals surface area contributed by atoms with Gasteiger partial charge >= 0.3 is 0 Å². The van der Waals surface area contributed by atoms with Crippen molar-refractivity contribution in [1.82, 2.24) is 10.2 Å². The molecule has 2 N–H and O–H groups in total. The maximum absolute atomic E-state index is 12.6. The zero-order chi connectivity index (χ0) is 15.6. The van der Waals surface area contributed by atoms with Gasteiger partial charge in [0.1, 0.15) is 17.3 Å². The number of nitrogens with zero attached hydrogens (tertiary/aromatic N) is 1. The summed E-state index contributed by atoms with van der Waals surface area (Å²) in [6.07, 6.45) is 1.11. The number of piperazine rings is 1. The molecule has 114 valence electrons. The van der Waals surface area contributed by atoms with Crippen LogP contribution in [0.15, 0.2) is 24.3 Å². The molecule has 5 heteroatoms. The molecule has 5 nitrogen and oxygen atoms in total. The van der Waals surface area contributed by atoms with E-state index in [9.17, 15) is 14.7 Å². The summed E-state index contributed by atoms with van der Waals surface area (Å²) in [7, 11) is 0. The van der Waals surface area contributed by atoms with E-state index in [1.165, 1.54) is 0 Å². The number of carbonyl (C=O) groups is 2. The molecule has 21 heavy (non-hydrogen) atoms. The molecular formula is C16H22N2O3. The maximum atomic E-state index is 12.6. The lowest BCUT2D eigenvalue weighted by molar-refractivity contribution is -0.157. The Labute approximate surface area is 125 Å². The first-order chi connectivity index (χ1) is 9.92. The van der Waals surface area contributed by atoms with Crippen molar-refractivity contribution in [2.24, 2.45) is 0 Å². The van der Waals surface area contributed by atoms with Gasteiger partial charge in [-0.25, -0.2) is 0 Å². The first-order valence-electron chi connectivity index (χ1n) is 7.32. The van der Waals surface area contributed by atoms with Gasteiger partial charge in [-0.05, 0) is 37.5 Å². The van der Waals surface area contributed by atoms with Crippen LogP contribution in [0.3, 0.4) is 0 Å². The summed E-state index contributed by atoms with van der Waals surface area (Å²) in [6.45, 7) is 5.88. The van der Waals surface area contributed by atoms with Crippen molar-refractivity contribution in [3.8, 4) is 5.75 Å². The van der Waals surface area contributed by atoms with Gasteiger partial charge in [-0.3, -0.25) is 9.59 Å². The number of benzene rings is 1. The van der Waals surface area contributed by atoms with Gasteiger partial charge in [-0.2, -0.15) is 0 Å². The Morgan fingerprint density at radius 2 is 2.05 bits per heavy atom. The van der Waals surface area contributed by atoms with Crippen LogP contribution in [0.2, 0.25) is 0 Å². The molecule has 1 fully saturated rings. The van der Waals surface area contributed by atoms with Crippen LogP contribution in [0.4, 0.5) is 0 Å². The second-order valence-corrected chi connectivity index (χ2v) is 5.66. The van der Waals surface area contributed by atoms with E-state index in [-0.39, 0.29) is 17.6 Å². The maximum Gasteiger partial charge on any atom is 0.246 e. The Balaban J connectivity index is 2.35. The Bertz CT molecular complexity index is 558. The zero-order valence-electron chi connectivity index (χ0n) is 12.7. The molecule has 0 bridgehead atoms. The molecule has 1 saturated heterocycles. The number of phenolic OH excluding ortho intramolecular Hbond substituents is 1. The zero-order valence-corrected chi connectivity index (χ0v) is 12.7. The molecule has 0 saturated carbocycles. The quantitative estimate of drug-likeness (QED) is 0.888. The van der Waals surface area contributed by atoms with Gasteiger partial charge in [-0.1, -0.05) is 26.0 Å². The predicted molar refractivity (Wildman–Crippen MR) is 79.6 cm³/mol. The minimum absolute atomic E-state index is 0.0650. The number of aromatic hydroxyl groups is 1. The van der Waals surface area contributed by atoms with Crippen molar-refractivity contribution in [3.05, 3.63) is 29.8 Å². The molecule has 0 radical (unpaired) electrons. The molecule has 0 spiro atoms. The second kappa shape index (κ2) is 5.76. The largest absolute Gasteiger partial charge is 0.508 e. The Kier molecular flexibility index (Phi) is 4.21. The normalized spacial score (nSPS) is 25.9. The molecule has 1 heterocycles. The van der Waals surface area contributed by atoms with E-state index >= 15 is 0 Å². The minimum atomic E-state index is -0.853. The van der Waals surface area contributed by atoms with Gasteiger partial charge < -0.3 is 15.3 Å². The lowest BCUT2D eigenvalue weighted by atomic mass is 9.89. The molecule has 0 aromatic heterocycles. The molecule has 1 aliphatic heterocycles. The van der Waals surface area contributed by atoms with Crippen LogP contribution in [0, 0.1) is 0 Å². The fraction of sp³-hybridized carbons (Fsp3) is 0.500. The summed E-state index contributed by atoms with van der Waals surface area (Å²) >= 11 is 0. The first kappa shape index (κ1) is 15.4. The third kappa shape index (κ3) is 2.73. The summed E-state index contributed by atoms with van der Waals surface area (Å²) in [5, 5.41) is 12.4. The standard InChI is InChI=1S/C16H22N2O3/c1-4-13-14(20)18(16(3,5-2)15(21)17-13)10-11-7-6-8-12(19)9-11/h6-9,13,19H,4-5,10H2,1-3H3,(H,17,21). The van der Waals surface area contributed by atoms with Crippen LogP contribution in [0.5, 0.6) is 5.75 Å². The van der Waals surface area contributed by atoms with E-state index in [0.717, 1.165) is 5.56 Å². The van der Waals surface area contributed by atoms with Gasteiger partial charge in [0.05, 0.1) is 0 Å². The molecule has 2 rings (SSSR count). The topological polar surface area (TPSA) is 69.6 Å². The second-order valence-electron chi connectivity index (χ2n) is 5.66. The molecular weight excluding hydrogens is 268 g/mol. The van der Waals surface area contributed by atoms with Crippen LogP contribution >= 0.6 is 0 Å². The summed E-state index contributed by atoms with van der Waals surface area (Å²) in [6, 6.07) is 6.32. The first-order valence-corrected chi connectivity index (χ1v) is 7.32. The number of amides is 2. The van der Waals surface area contributed by atoms with Crippen LogP contribution < -0.4 is 5.32 Å². The lowest BCUT2D eigenvalue weighted by Gasteiger charge is -2.46. The Morgan fingerprint density at radius 3 is 2.62 bits per heavy atom. The van der Waals surface area contributed by atoms with Crippen molar-refractivity contribution in [2.75, 3.05) is 0 Å². The number of hydrogen-bond donors (Lipinski definition) is 2. The molecule has 1 aliphatic rings. The Hall–Kier alpha value is -2.04. The van der Waals surface area contributed by atoms with Gasteiger partial charge in [0.2, 0.25) is 11.8 Å². The van der Waals surface area contributed by atoms with Crippen molar-refractivity contribution in [3.63, 3.8) is 0 Å². The third-order valence-electron chi connectivity index (χ3n) is 4.30. The number of nitrogens with one attached hydrogen (secondary N) is 1. The van der Waals surface area contributed by atoms with Crippen molar-refractivity contribution in [2.45, 2.75) is 51.7 Å². The van der Waals surface area contributed by atoms with Crippen molar-refractivity contribution in [1.29, 1.82) is 0 Å². The fourth-order valence-corrected chi connectivity index (χ4v) is 2.65. The molecule has 2 amide bonds. The van der Waals surface area contributed by atoms with E-state index in [1.807, 2.05) is 19.9 Å². The van der Waals surface area contributed by atoms with E-state index in [4.69, 9.17) is 0 Å². The van der Waals surface area contributed by atoms with Crippen molar-refractivity contribution >= 4 is 11.8 Å². The van der Waals surface area contributed by atoms with Gasteiger partial charge in [-0.15, -0.1) is 0 Å². The fourth-order valence-electron chi connectivity index (χ4n) is 2.65. The summed E-state index contributed by atoms with van der Waals surface area (Å²) in [5.41, 5.74) is -0.0404. The molecule has 2 unspecified atom stereocenters. The summed E-state index contributed by atoms with van der Waals surface area (Å²) < 4.78 is 0. The summed E-state index contributed by atoms with van der Waals surface area (Å²) in [4.78, 5) is 26.6. The number of rotatable bonds is 4. The number of hydrogen-bond acceptors (Lipinski definition) is 3. The van der Waals surface area contributed by atoms with E-state index < -0.39 is 11.6 Å². The lowest BCUT2D eigenvalue weighted by Crippen LogP contribution is -2.68. The van der Waals surface area contributed by atoms with Crippen LogP contribution in [-0.2, 0) is 16.1 Å². The summed E-state index contributed by atoms with van der Waals surface area (Å²) in [5.74, 6) is -0.0203. The van der Waals surface area contributed by atoms with Crippen LogP contribution in [0.1, 0.15) is 39.2 Å². The molecule has 0 aliphatic carbocycles. The van der Waals surface area contributed by atoms with E-state index in [2.05, 4.69) is 5.32 Å². The number of phenols is 1.